The van der Waals surface area contributed by atoms with Crippen molar-refractivity contribution >= 4 is 46.4 Å². The molecule has 2 aromatic rings. The lowest BCUT2D eigenvalue weighted by Gasteiger charge is -2.33. The molecule has 4 heteroatoms. The second kappa shape index (κ2) is 10.6. The molecule has 0 aliphatic heterocycles. The molecule has 0 amide bonds. The number of rotatable bonds is 3. The standard InChI is InChI=1S/C16H14Cl4.2C2H6/c1-11-3-7-13(8-4-11)15(17,18)16(19,20)14-9-5-12(2)6-10-14;2*1-2/h3-10H,1-2H3;2*1-2H3. The third-order valence-electron chi connectivity index (χ3n) is 3.22. The van der Waals surface area contributed by atoms with Crippen molar-refractivity contribution in [1.82, 2.24) is 0 Å². The molecule has 0 N–H and O–H groups in total. The fraction of sp³-hybridized carbons (Fsp3) is 0.400. The van der Waals surface area contributed by atoms with E-state index in [0.29, 0.717) is 11.1 Å². The summed E-state index contributed by atoms with van der Waals surface area (Å²) >= 11 is 25.9. The average Bonchev–Trinajstić information content (AvgIpc) is 2.59. The van der Waals surface area contributed by atoms with E-state index in [9.17, 15) is 0 Å². The van der Waals surface area contributed by atoms with Crippen LogP contribution in [0.5, 0.6) is 0 Å². The van der Waals surface area contributed by atoms with Crippen molar-refractivity contribution in [1.29, 1.82) is 0 Å². The first-order valence-corrected chi connectivity index (χ1v) is 9.66. The molecular formula is C20H26Cl4. The molecule has 0 spiro atoms. The maximum absolute atomic E-state index is 6.48. The minimum absolute atomic E-state index is 0.664. The van der Waals surface area contributed by atoms with Crippen LogP contribution >= 0.6 is 46.4 Å². The fourth-order valence-electron chi connectivity index (χ4n) is 1.89. The van der Waals surface area contributed by atoms with E-state index >= 15 is 0 Å². The number of alkyl halides is 4. The fourth-order valence-corrected chi connectivity index (χ4v) is 2.83. The molecule has 0 nitrogen and oxygen atoms in total. The maximum atomic E-state index is 6.48. The molecule has 0 heterocycles. The zero-order valence-electron chi connectivity index (χ0n) is 15.1. The first-order valence-electron chi connectivity index (χ1n) is 8.15. The van der Waals surface area contributed by atoms with Crippen LogP contribution in [0.2, 0.25) is 0 Å². The number of benzene rings is 2. The van der Waals surface area contributed by atoms with Crippen LogP contribution in [0.3, 0.4) is 0 Å². The van der Waals surface area contributed by atoms with Crippen molar-refractivity contribution in [2.75, 3.05) is 0 Å². The van der Waals surface area contributed by atoms with E-state index in [-0.39, 0.29) is 0 Å². The zero-order valence-corrected chi connectivity index (χ0v) is 18.2. The molecule has 0 atom stereocenters. The number of halogens is 4. The largest absolute Gasteiger partial charge is 0.180 e. The van der Waals surface area contributed by atoms with Gasteiger partial charge in [0.25, 0.3) is 0 Å². The molecule has 0 saturated carbocycles. The number of aryl methyl sites for hydroxylation is 2. The van der Waals surface area contributed by atoms with E-state index in [2.05, 4.69) is 0 Å². The van der Waals surface area contributed by atoms with Crippen LogP contribution in [-0.4, -0.2) is 0 Å². The van der Waals surface area contributed by atoms with Crippen molar-refractivity contribution in [2.45, 2.75) is 50.2 Å². The van der Waals surface area contributed by atoms with Gasteiger partial charge in [-0.1, -0.05) is 134 Å². The summed E-state index contributed by atoms with van der Waals surface area (Å²) in [5.41, 5.74) is 3.56. The van der Waals surface area contributed by atoms with Crippen LogP contribution in [0, 0.1) is 13.8 Å². The predicted molar refractivity (Wildman–Crippen MR) is 112 cm³/mol. The van der Waals surface area contributed by atoms with Crippen molar-refractivity contribution in [2.24, 2.45) is 0 Å². The third-order valence-corrected chi connectivity index (χ3v) is 5.62. The minimum atomic E-state index is -1.45. The highest BCUT2D eigenvalue weighted by molar-refractivity contribution is 6.61. The molecular weight excluding hydrogens is 382 g/mol. The van der Waals surface area contributed by atoms with Crippen molar-refractivity contribution < 1.29 is 0 Å². The van der Waals surface area contributed by atoms with Gasteiger partial charge in [0, 0.05) is 0 Å². The first kappa shape index (κ1) is 23.6. The van der Waals surface area contributed by atoms with Gasteiger partial charge in [0.1, 0.15) is 0 Å². The molecule has 134 valence electrons. The van der Waals surface area contributed by atoms with E-state index in [0.717, 1.165) is 11.1 Å². The Balaban J connectivity index is 0.00000123. The molecule has 0 unspecified atom stereocenters. The summed E-state index contributed by atoms with van der Waals surface area (Å²) in [4.78, 5) is 0. The Morgan fingerprint density at radius 2 is 0.708 bits per heavy atom. The summed E-state index contributed by atoms with van der Waals surface area (Å²) < 4.78 is -2.89. The summed E-state index contributed by atoms with van der Waals surface area (Å²) in [5, 5.41) is 0. The highest BCUT2D eigenvalue weighted by atomic mass is 35.5. The lowest BCUT2D eigenvalue weighted by atomic mass is 10.0. The molecule has 2 aromatic carbocycles. The zero-order chi connectivity index (χ0) is 19.0. The Morgan fingerprint density at radius 3 is 0.917 bits per heavy atom. The summed E-state index contributed by atoms with van der Waals surface area (Å²) in [5.74, 6) is 0. The van der Waals surface area contributed by atoms with Crippen LogP contribution in [0.15, 0.2) is 48.5 Å². The molecule has 0 aromatic heterocycles. The maximum Gasteiger partial charge on any atom is 0.180 e. The van der Waals surface area contributed by atoms with Gasteiger partial charge in [-0.15, -0.1) is 0 Å². The summed E-state index contributed by atoms with van der Waals surface area (Å²) in [7, 11) is 0. The molecule has 0 fully saturated rings. The smallest absolute Gasteiger partial charge is 0.0925 e. The van der Waals surface area contributed by atoms with E-state index in [1.165, 1.54) is 0 Å². The third kappa shape index (κ3) is 5.56. The van der Waals surface area contributed by atoms with E-state index in [1.807, 2.05) is 90.1 Å². The SMILES string of the molecule is CC.CC.Cc1ccc(C(Cl)(Cl)C(Cl)(Cl)c2ccc(C)cc2)cc1. The molecule has 2 rings (SSSR count). The Labute approximate surface area is 167 Å². The summed E-state index contributed by atoms with van der Waals surface area (Å²) in [6.45, 7) is 12.0. The van der Waals surface area contributed by atoms with Crippen molar-refractivity contribution in [3.8, 4) is 0 Å². The van der Waals surface area contributed by atoms with Gasteiger partial charge >= 0.3 is 0 Å². The Kier molecular flexibility index (Phi) is 10.4. The number of hydrogen-bond acceptors (Lipinski definition) is 0. The van der Waals surface area contributed by atoms with E-state index in [1.54, 1.807) is 0 Å². The monoisotopic (exact) mass is 406 g/mol. The molecule has 0 bridgehead atoms. The van der Waals surface area contributed by atoms with E-state index in [4.69, 9.17) is 46.4 Å². The van der Waals surface area contributed by atoms with Gasteiger partial charge in [-0.3, -0.25) is 0 Å². The van der Waals surface area contributed by atoms with Crippen molar-refractivity contribution in [3.63, 3.8) is 0 Å². The second-order valence-electron chi connectivity index (χ2n) is 4.88. The molecule has 0 aliphatic carbocycles. The lowest BCUT2D eigenvalue weighted by molar-refractivity contribution is 0.732. The Morgan fingerprint density at radius 1 is 0.500 bits per heavy atom. The van der Waals surface area contributed by atoms with Gasteiger partial charge in [0.2, 0.25) is 0 Å². The first-order chi connectivity index (χ1) is 11.2. The Hall–Kier alpha value is -0.400. The quantitative estimate of drug-likeness (QED) is 0.448. The van der Waals surface area contributed by atoms with Gasteiger partial charge < -0.3 is 0 Å². The minimum Gasteiger partial charge on any atom is -0.0925 e. The van der Waals surface area contributed by atoms with Gasteiger partial charge in [0.05, 0.1) is 0 Å². The molecule has 24 heavy (non-hydrogen) atoms. The highest BCUT2D eigenvalue weighted by Crippen LogP contribution is 2.56. The van der Waals surface area contributed by atoms with E-state index < -0.39 is 8.67 Å². The van der Waals surface area contributed by atoms with Crippen LogP contribution in [0.25, 0.3) is 0 Å². The summed E-state index contributed by atoms with van der Waals surface area (Å²) in [6, 6.07) is 15.0. The van der Waals surface area contributed by atoms with Crippen LogP contribution in [0.1, 0.15) is 49.9 Å². The normalized spacial score (nSPS) is 10.9. The second-order valence-corrected chi connectivity index (χ2v) is 7.54. The van der Waals surface area contributed by atoms with Gasteiger partial charge in [-0.2, -0.15) is 0 Å². The van der Waals surface area contributed by atoms with Gasteiger partial charge in [0.15, 0.2) is 8.67 Å². The van der Waals surface area contributed by atoms with Crippen molar-refractivity contribution in [3.05, 3.63) is 70.8 Å². The Bertz CT molecular complexity index is 529. The van der Waals surface area contributed by atoms with Gasteiger partial charge in [-0.05, 0) is 25.0 Å². The number of hydrogen-bond donors (Lipinski definition) is 0. The molecule has 0 aliphatic rings. The van der Waals surface area contributed by atoms with Crippen LogP contribution < -0.4 is 0 Å². The topological polar surface area (TPSA) is 0 Å². The molecule has 0 saturated heterocycles. The van der Waals surface area contributed by atoms with Gasteiger partial charge in [-0.25, -0.2) is 0 Å². The predicted octanol–water partition coefficient (Wildman–Crippen LogP) is 8.32. The average molecular weight is 408 g/mol. The summed E-state index contributed by atoms with van der Waals surface area (Å²) in [6.07, 6.45) is 0. The van der Waals surface area contributed by atoms with Crippen LogP contribution in [0.4, 0.5) is 0 Å². The highest BCUT2D eigenvalue weighted by Gasteiger charge is 2.49. The molecule has 0 radical (unpaired) electrons. The van der Waals surface area contributed by atoms with Crippen LogP contribution in [-0.2, 0) is 8.67 Å². The lowest BCUT2D eigenvalue weighted by Crippen LogP contribution is -2.31.